The van der Waals surface area contributed by atoms with Gasteiger partial charge in [-0.3, -0.25) is 4.79 Å². The molecule has 22 heavy (non-hydrogen) atoms. The summed E-state index contributed by atoms with van der Waals surface area (Å²) in [5.41, 5.74) is 5.55. The van der Waals surface area contributed by atoms with E-state index >= 15 is 0 Å². The van der Waals surface area contributed by atoms with Crippen molar-refractivity contribution in [1.29, 1.82) is 0 Å². The molecule has 2 rings (SSSR count). The summed E-state index contributed by atoms with van der Waals surface area (Å²) in [6, 6.07) is 14.2. The number of carbonyl (C=O) groups excluding carboxylic acids is 1. The smallest absolute Gasteiger partial charge is 0.248 e. The Morgan fingerprint density at radius 2 is 1.68 bits per heavy atom. The largest absolute Gasteiger partial charge is 0.323 e. The van der Waals surface area contributed by atoms with Crippen molar-refractivity contribution < 1.29 is 4.79 Å². The minimum absolute atomic E-state index is 0.115. The predicted molar refractivity (Wildman–Crippen MR) is 94.1 cm³/mol. The van der Waals surface area contributed by atoms with Crippen LogP contribution in [0.3, 0.4) is 0 Å². The van der Waals surface area contributed by atoms with Crippen LogP contribution in [0.15, 0.2) is 48.5 Å². The summed E-state index contributed by atoms with van der Waals surface area (Å²) in [4.78, 5) is 12.0. The minimum Gasteiger partial charge on any atom is -0.323 e. The summed E-state index contributed by atoms with van der Waals surface area (Å²) < 4.78 is 0. The molecule has 0 saturated carbocycles. The summed E-state index contributed by atoms with van der Waals surface area (Å²) in [7, 11) is 0. The van der Waals surface area contributed by atoms with E-state index in [1.54, 1.807) is 6.08 Å². The molecule has 2 nitrogen and oxygen atoms in total. The van der Waals surface area contributed by atoms with Crippen LogP contribution in [-0.2, 0) is 4.79 Å². The van der Waals surface area contributed by atoms with Gasteiger partial charge in [0.05, 0.1) is 0 Å². The molecule has 0 fully saturated rings. The molecule has 1 N–H and O–H groups in total. The quantitative estimate of drug-likeness (QED) is 0.783. The Balaban J connectivity index is 2.00. The SMILES string of the molecule is Cc1ccc(NC(=O)C=Cc2ccc(C(C)C)cc2)cc1C. The Kier molecular flexibility index (Phi) is 5.16. The van der Waals surface area contributed by atoms with Crippen LogP contribution in [0, 0.1) is 13.8 Å². The molecule has 114 valence electrons. The molecule has 2 heteroatoms. The van der Waals surface area contributed by atoms with E-state index < -0.39 is 0 Å². The van der Waals surface area contributed by atoms with Crippen molar-refractivity contribution in [3.8, 4) is 0 Å². The zero-order chi connectivity index (χ0) is 16.1. The molecular weight excluding hydrogens is 270 g/mol. The van der Waals surface area contributed by atoms with E-state index in [2.05, 4.69) is 38.2 Å². The summed E-state index contributed by atoms with van der Waals surface area (Å²) in [6.45, 7) is 8.43. The molecule has 1 amide bonds. The number of hydrogen-bond donors (Lipinski definition) is 1. The van der Waals surface area contributed by atoms with E-state index in [1.807, 2.05) is 43.3 Å². The van der Waals surface area contributed by atoms with Crippen LogP contribution in [0.25, 0.3) is 6.08 Å². The summed E-state index contributed by atoms with van der Waals surface area (Å²) in [5, 5.41) is 2.88. The normalized spacial score (nSPS) is 11.1. The number of carbonyl (C=O) groups is 1. The van der Waals surface area contributed by atoms with Crippen molar-refractivity contribution in [2.24, 2.45) is 0 Å². The monoisotopic (exact) mass is 293 g/mol. The molecule has 0 spiro atoms. The predicted octanol–water partition coefficient (Wildman–Crippen LogP) is 5.08. The van der Waals surface area contributed by atoms with Crippen LogP contribution in [0.5, 0.6) is 0 Å². The lowest BCUT2D eigenvalue weighted by Crippen LogP contribution is -2.07. The van der Waals surface area contributed by atoms with Gasteiger partial charge in [0, 0.05) is 11.8 Å². The molecule has 0 radical (unpaired) electrons. The maximum Gasteiger partial charge on any atom is 0.248 e. The molecule has 0 unspecified atom stereocenters. The minimum atomic E-state index is -0.115. The Labute approximate surface area is 132 Å². The van der Waals surface area contributed by atoms with Gasteiger partial charge in [0.1, 0.15) is 0 Å². The van der Waals surface area contributed by atoms with Crippen LogP contribution >= 0.6 is 0 Å². The van der Waals surface area contributed by atoms with Gasteiger partial charge < -0.3 is 5.32 Å². The van der Waals surface area contributed by atoms with Gasteiger partial charge in [-0.2, -0.15) is 0 Å². The lowest BCUT2D eigenvalue weighted by molar-refractivity contribution is -0.111. The fraction of sp³-hybridized carbons (Fsp3) is 0.250. The Morgan fingerprint density at radius 1 is 1.00 bits per heavy atom. The molecule has 2 aromatic rings. The highest BCUT2D eigenvalue weighted by Gasteiger charge is 2.01. The lowest BCUT2D eigenvalue weighted by atomic mass is 10.0. The second kappa shape index (κ2) is 7.08. The van der Waals surface area contributed by atoms with Crippen molar-refractivity contribution in [3.05, 3.63) is 70.8 Å². The average molecular weight is 293 g/mol. The van der Waals surface area contributed by atoms with E-state index in [-0.39, 0.29) is 5.91 Å². The topological polar surface area (TPSA) is 29.1 Å². The van der Waals surface area contributed by atoms with E-state index in [0.717, 1.165) is 11.3 Å². The molecule has 2 aromatic carbocycles. The van der Waals surface area contributed by atoms with Gasteiger partial charge in [0.25, 0.3) is 0 Å². The van der Waals surface area contributed by atoms with Crippen molar-refractivity contribution >= 4 is 17.7 Å². The summed E-state index contributed by atoms with van der Waals surface area (Å²) >= 11 is 0. The first-order valence-electron chi connectivity index (χ1n) is 7.62. The van der Waals surface area contributed by atoms with Gasteiger partial charge in [-0.1, -0.05) is 44.2 Å². The van der Waals surface area contributed by atoms with Gasteiger partial charge in [-0.25, -0.2) is 0 Å². The second-order valence-electron chi connectivity index (χ2n) is 5.94. The molecule has 0 heterocycles. The second-order valence-corrected chi connectivity index (χ2v) is 5.94. The highest BCUT2D eigenvalue weighted by molar-refractivity contribution is 6.01. The summed E-state index contributed by atoms with van der Waals surface area (Å²) in [6.07, 6.45) is 3.40. The molecule has 0 aliphatic heterocycles. The van der Waals surface area contributed by atoms with E-state index in [4.69, 9.17) is 0 Å². The third-order valence-corrected chi connectivity index (χ3v) is 3.80. The number of anilines is 1. The van der Waals surface area contributed by atoms with Crippen LogP contribution in [-0.4, -0.2) is 5.91 Å². The summed E-state index contributed by atoms with van der Waals surface area (Å²) in [5.74, 6) is 0.405. The lowest BCUT2D eigenvalue weighted by Gasteiger charge is -2.06. The highest BCUT2D eigenvalue weighted by atomic mass is 16.1. The van der Waals surface area contributed by atoms with Gasteiger partial charge in [-0.15, -0.1) is 0 Å². The maximum atomic E-state index is 12.0. The third-order valence-electron chi connectivity index (χ3n) is 3.80. The number of nitrogens with one attached hydrogen (secondary N) is 1. The fourth-order valence-corrected chi connectivity index (χ4v) is 2.17. The number of hydrogen-bond acceptors (Lipinski definition) is 1. The van der Waals surface area contributed by atoms with Gasteiger partial charge in [0.15, 0.2) is 0 Å². The molecule has 0 bridgehead atoms. The maximum absolute atomic E-state index is 12.0. The zero-order valence-corrected chi connectivity index (χ0v) is 13.7. The molecule has 0 atom stereocenters. The number of rotatable bonds is 4. The molecular formula is C20H23NO. The fourth-order valence-electron chi connectivity index (χ4n) is 2.17. The van der Waals surface area contributed by atoms with E-state index in [9.17, 15) is 4.79 Å². The number of amides is 1. The van der Waals surface area contributed by atoms with Gasteiger partial charge >= 0.3 is 0 Å². The third kappa shape index (κ3) is 4.32. The van der Waals surface area contributed by atoms with Gasteiger partial charge in [-0.05, 0) is 60.2 Å². The first kappa shape index (κ1) is 16.0. The first-order chi connectivity index (χ1) is 10.5. The number of aryl methyl sites for hydroxylation is 2. The van der Waals surface area contributed by atoms with Crippen molar-refractivity contribution in [2.75, 3.05) is 5.32 Å². The zero-order valence-electron chi connectivity index (χ0n) is 13.7. The molecule has 0 aliphatic rings. The van der Waals surface area contributed by atoms with Crippen molar-refractivity contribution in [3.63, 3.8) is 0 Å². The molecule has 0 aromatic heterocycles. The average Bonchev–Trinajstić information content (AvgIpc) is 2.49. The van der Waals surface area contributed by atoms with Crippen molar-refractivity contribution in [1.82, 2.24) is 0 Å². The van der Waals surface area contributed by atoms with Crippen LogP contribution in [0.2, 0.25) is 0 Å². The van der Waals surface area contributed by atoms with Crippen LogP contribution in [0.1, 0.15) is 42.0 Å². The Hall–Kier alpha value is -2.35. The molecule has 0 aliphatic carbocycles. The Morgan fingerprint density at radius 3 is 2.27 bits per heavy atom. The van der Waals surface area contributed by atoms with E-state index in [0.29, 0.717) is 5.92 Å². The van der Waals surface area contributed by atoms with Crippen LogP contribution in [0.4, 0.5) is 5.69 Å². The number of benzene rings is 2. The Bertz CT molecular complexity index is 681. The first-order valence-corrected chi connectivity index (χ1v) is 7.62. The van der Waals surface area contributed by atoms with Crippen molar-refractivity contribution in [2.45, 2.75) is 33.6 Å². The standard InChI is InChI=1S/C20H23NO/c1-14(2)18-9-6-17(7-10-18)8-12-20(22)21-19-11-5-15(3)16(4)13-19/h5-14H,1-4H3,(H,21,22). The van der Waals surface area contributed by atoms with Crippen LogP contribution < -0.4 is 5.32 Å². The molecule has 0 saturated heterocycles. The highest BCUT2D eigenvalue weighted by Crippen LogP contribution is 2.16. The van der Waals surface area contributed by atoms with Gasteiger partial charge in [0.2, 0.25) is 5.91 Å². The van der Waals surface area contributed by atoms with E-state index in [1.165, 1.54) is 16.7 Å².